The molecule has 0 aliphatic carbocycles. The van der Waals surface area contributed by atoms with Crippen LogP contribution in [0.3, 0.4) is 0 Å². The minimum atomic E-state index is -0.663. The third-order valence-corrected chi connectivity index (χ3v) is 3.28. The summed E-state index contributed by atoms with van der Waals surface area (Å²) < 4.78 is 27.4. The molecule has 0 saturated carbocycles. The predicted molar refractivity (Wildman–Crippen MR) is 74.8 cm³/mol. The van der Waals surface area contributed by atoms with E-state index in [1.165, 1.54) is 0 Å². The maximum absolute atomic E-state index is 13.7. The van der Waals surface area contributed by atoms with Crippen molar-refractivity contribution in [2.24, 2.45) is 11.7 Å². The third kappa shape index (κ3) is 3.63. The van der Waals surface area contributed by atoms with Crippen LogP contribution in [0.5, 0.6) is 0 Å². The first-order chi connectivity index (χ1) is 8.49. The lowest BCUT2D eigenvalue weighted by Crippen LogP contribution is -2.16. The van der Waals surface area contributed by atoms with Crippen LogP contribution in [-0.4, -0.2) is 11.5 Å². The van der Waals surface area contributed by atoms with Gasteiger partial charge < -0.3 is 11.1 Å². The van der Waals surface area contributed by atoms with Crippen LogP contribution in [-0.2, 0) is 0 Å². The second kappa shape index (κ2) is 6.64. The van der Waals surface area contributed by atoms with Gasteiger partial charge in [0.05, 0.1) is 0 Å². The van der Waals surface area contributed by atoms with Gasteiger partial charge in [0.1, 0.15) is 22.3 Å². The zero-order valence-corrected chi connectivity index (χ0v) is 11.4. The van der Waals surface area contributed by atoms with E-state index in [-0.39, 0.29) is 16.2 Å². The third-order valence-electron chi connectivity index (χ3n) is 3.05. The zero-order chi connectivity index (χ0) is 13.7. The number of thiocarbonyl (C=S) groups is 1. The van der Waals surface area contributed by atoms with Crippen molar-refractivity contribution in [2.75, 3.05) is 11.9 Å². The van der Waals surface area contributed by atoms with Gasteiger partial charge in [0.25, 0.3) is 0 Å². The second-order valence-corrected chi connectivity index (χ2v) is 4.68. The minimum absolute atomic E-state index is 0.0145. The first-order valence-electron chi connectivity index (χ1n) is 6.02. The fourth-order valence-corrected chi connectivity index (χ4v) is 1.83. The van der Waals surface area contributed by atoms with Crippen molar-refractivity contribution in [1.29, 1.82) is 0 Å². The highest BCUT2D eigenvalue weighted by atomic mass is 32.1. The van der Waals surface area contributed by atoms with Gasteiger partial charge in [-0.2, -0.15) is 0 Å². The molecule has 1 rings (SSSR count). The first kappa shape index (κ1) is 14.8. The molecule has 0 aliphatic rings. The van der Waals surface area contributed by atoms with E-state index in [2.05, 4.69) is 19.2 Å². The predicted octanol–water partition coefficient (Wildman–Crippen LogP) is 3.45. The molecular formula is C13H18F2N2S. The van der Waals surface area contributed by atoms with Crippen LogP contribution in [0.1, 0.15) is 32.3 Å². The average molecular weight is 272 g/mol. The summed E-state index contributed by atoms with van der Waals surface area (Å²) in [5, 5.41) is 2.82. The number of benzene rings is 1. The van der Waals surface area contributed by atoms with Gasteiger partial charge in [-0.15, -0.1) is 0 Å². The molecule has 1 aromatic rings. The van der Waals surface area contributed by atoms with Crippen molar-refractivity contribution in [2.45, 2.75) is 26.7 Å². The van der Waals surface area contributed by atoms with E-state index in [0.29, 0.717) is 12.5 Å². The normalized spacial score (nSPS) is 10.7. The molecule has 100 valence electrons. The summed E-state index contributed by atoms with van der Waals surface area (Å²) in [5.74, 6) is -0.924. The molecular weight excluding hydrogens is 254 g/mol. The van der Waals surface area contributed by atoms with E-state index in [1.807, 2.05) is 0 Å². The number of hydrogen-bond acceptors (Lipinski definition) is 2. The lowest BCUT2D eigenvalue weighted by atomic mass is 10.0. The van der Waals surface area contributed by atoms with E-state index in [1.54, 1.807) is 0 Å². The molecule has 0 unspecified atom stereocenters. The Morgan fingerprint density at radius 2 is 1.78 bits per heavy atom. The van der Waals surface area contributed by atoms with E-state index in [9.17, 15) is 8.78 Å². The van der Waals surface area contributed by atoms with Crippen LogP contribution in [0.2, 0.25) is 0 Å². The van der Waals surface area contributed by atoms with Crippen molar-refractivity contribution in [3.05, 3.63) is 29.3 Å². The van der Waals surface area contributed by atoms with E-state index in [4.69, 9.17) is 18.0 Å². The molecule has 1 aromatic carbocycles. The summed E-state index contributed by atoms with van der Waals surface area (Å²) in [6.07, 6.45) is 1.94. The molecule has 0 atom stereocenters. The first-order valence-corrected chi connectivity index (χ1v) is 6.43. The Morgan fingerprint density at radius 1 is 1.28 bits per heavy atom. The molecule has 0 fully saturated rings. The van der Waals surface area contributed by atoms with E-state index >= 15 is 0 Å². The maximum Gasteiger partial charge on any atom is 0.150 e. The monoisotopic (exact) mass is 272 g/mol. The highest BCUT2D eigenvalue weighted by Gasteiger charge is 2.13. The van der Waals surface area contributed by atoms with Gasteiger partial charge in [-0.05, 0) is 18.1 Å². The molecule has 3 N–H and O–H groups in total. The fraction of sp³-hybridized carbons (Fsp3) is 0.462. The number of anilines is 1. The summed E-state index contributed by atoms with van der Waals surface area (Å²) in [6.45, 7) is 4.66. The number of nitrogens with one attached hydrogen (secondary N) is 1. The summed E-state index contributed by atoms with van der Waals surface area (Å²) in [4.78, 5) is -0.0145. The molecule has 0 spiro atoms. The Kier molecular flexibility index (Phi) is 5.47. The van der Waals surface area contributed by atoms with Crippen LogP contribution < -0.4 is 11.1 Å². The summed E-state index contributed by atoms with van der Waals surface area (Å²) in [6, 6.07) is 2.31. The molecule has 5 heteroatoms. The maximum atomic E-state index is 13.7. The standard InChI is InChI=1S/C13H18F2N2S/c1-3-8(4-2)7-17-12-10(14)5-9(13(16)18)6-11(12)15/h5-6,8,17H,3-4,7H2,1-2H3,(H2,16,18). The Labute approximate surface area is 112 Å². The van der Waals surface area contributed by atoms with Crippen LogP contribution in [0.4, 0.5) is 14.5 Å². The second-order valence-electron chi connectivity index (χ2n) is 4.24. The van der Waals surface area contributed by atoms with Gasteiger partial charge >= 0.3 is 0 Å². The van der Waals surface area contributed by atoms with Gasteiger partial charge in [0.2, 0.25) is 0 Å². The molecule has 0 bridgehead atoms. The highest BCUT2D eigenvalue weighted by Crippen LogP contribution is 2.22. The topological polar surface area (TPSA) is 38.0 Å². The van der Waals surface area contributed by atoms with Crippen molar-refractivity contribution in [3.63, 3.8) is 0 Å². The van der Waals surface area contributed by atoms with Crippen LogP contribution >= 0.6 is 12.2 Å². The Hall–Kier alpha value is -1.23. The minimum Gasteiger partial charge on any atom is -0.389 e. The molecule has 18 heavy (non-hydrogen) atoms. The van der Waals surface area contributed by atoms with Crippen molar-refractivity contribution >= 4 is 22.9 Å². The van der Waals surface area contributed by atoms with Crippen molar-refractivity contribution in [3.8, 4) is 0 Å². The van der Waals surface area contributed by atoms with Gasteiger partial charge in [0, 0.05) is 12.1 Å². The summed E-state index contributed by atoms with van der Waals surface area (Å²) >= 11 is 4.69. The highest BCUT2D eigenvalue weighted by molar-refractivity contribution is 7.80. The van der Waals surface area contributed by atoms with E-state index in [0.717, 1.165) is 25.0 Å². The fourth-order valence-electron chi connectivity index (χ4n) is 1.71. The van der Waals surface area contributed by atoms with Gasteiger partial charge in [0.15, 0.2) is 0 Å². The van der Waals surface area contributed by atoms with Gasteiger partial charge in [-0.25, -0.2) is 8.78 Å². The summed E-state index contributed by atoms with van der Waals surface area (Å²) in [5.41, 5.74) is 5.44. The lowest BCUT2D eigenvalue weighted by Gasteiger charge is -2.15. The lowest BCUT2D eigenvalue weighted by molar-refractivity contribution is 0.513. The van der Waals surface area contributed by atoms with Gasteiger partial charge in [-0.1, -0.05) is 38.9 Å². The summed E-state index contributed by atoms with van der Waals surface area (Å²) in [7, 11) is 0. The van der Waals surface area contributed by atoms with Crippen LogP contribution in [0.25, 0.3) is 0 Å². The van der Waals surface area contributed by atoms with Crippen molar-refractivity contribution in [1.82, 2.24) is 0 Å². The van der Waals surface area contributed by atoms with Crippen molar-refractivity contribution < 1.29 is 8.78 Å². The molecule has 0 amide bonds. The van der Waals surface area contributed by atoms with Gasteiger partial charge in [-0.3, -0.25) is 0 Å². The number of rotatable bonds is 6. The molecule has 0 heterocycles. The Balaban J connectivity index is 2.87. The quantitative estimate of drug-likeness (QED) is 0.779. The number of halogens is 2. The Bertz CT molecular complexity index is 408. The van der Waals surface area contributed by atoms with E-state index < -0.39 is 11.6 Å². The number of hydrogen-bond donors (Lipinski definition) is 2. The zero-order valence-electron chi connectivity index (χ0n) is 10.6. The molecule has 0 radical (unpaired) electrons. The van der Waals surface area contributed by atoms with Crippen LogP contribution in [0, 0.1) is 17.6 Å². The average Bonchev–Trinajstić information content (AvgIpc) is 2.32. The Morgan fingerprint density at radius 3 is 2.17 bits per heavy atom. The molecule has 0 saturated heterocycles. The smallest absolute Gasteiger partial charge is 0.150 e. The molecule has 2 nitrogen and oxygen atoms in total. The molecule has 0 aromatic heterocycles. The van der Waals surface area contributed by atoms with Crippen LogP contribution in [0.15, 0.2) is 12.1 Å². The largest absolute Gasteiger partial charge is 0.389 e. The number of nitrogens with two attached hydrogens (primary N) is 1. The molecule has 0 aliphatic heterocycles. The SMILES string of the molecule is CCC(CC)CNc1c(F)cc(C(N)=S)cc1F.